The van der Waals surface area contributed by atoms with E-state index in [0.717, 1.165) is 49.8 Å². The molecular weight excluding hydrogens is 1060 g/mol. The second kappa shape index (κ2) is 17.0. The number of hydrogen-bond donors (Lipinski definition) is 0. The van der Waals surface area contributed by atoms with Crippen LogP contribution in [0, 0.1) is 18.5 Å². The minimum atomic E-state index is -0.446. The second-order valence-corrected chi connectivity index (χ2v) is 19.5. The molecule has 3 heterocycles. The van der Waals surface area contributed by atoms with Gasteiger partial charge in [0, 0.05) is 56.1 Å². The first-order valence-corrected chi connectivity index (χ1v) is 24.0. The van der Waals surface area contributed by atoms with Crippen molar-refractivity contribution in [3.05, 3.63) is 270 Å². The van der Waals surface area contributed by atoms with E-state index in [2.05, 4.69) is 147 Å². The second-order valence-electron chi connectivity index (χ2n) is 19.5. The summed E-state index contributed by atoms with van der Waals surface area (Å²) >= 11 is 0. The zero-order valence-corrected chi connectivity index (χ0v) is 41.8. The van der Waals surface area contributed by atoms with Crippen LogP contribution in [-0.2, 0) is 26.5 Å². The Hall–Kier alpha value is -8.11. The van der Waals surface area contributed by atoms with Gasteiger partial charge in [0.2, 0.25) is 0 Å². The maximum atomic E-state index is 9.28. The Morgan fingerprint density at radius 3 is 1.96 bits per heavy atom. The number of aromatic nitrogens is 4. The number of pyridine rings is 1. The molecule has 9 aromatic carbocycles. The fourth-order valence-corrected chi connectivity index (χ4v) is 11.3. The largest absolute Gasteiger partial charge is 0.510 e. The Kier molecular flexibility index (Phi) is 9.14. The molecule has 0 saturated carbocycles. The summed E-state index contributed by atoms with van der Waals surface area (Å²) in [5.41, 5.74) is 15.9. The van der Waals surface area contributed by atoms with Crippen molar-refractivity contribution in [2.24, 2.45) is 0 Å². The van der Waals surface area contributed by atoms with Crippen molar-refractivity contribution in [3.63, 3.8) is 0 Å². The Bertz CT molecular complexity index is 4350. The molecule has 0 spiro atoms. The monoisotopic (exact) mass is 1110 g/mol. The fourth-order valence-electron chi connectivity index (χ4n) is 11.3. The Balaban J connectivity index is 0.00000566. The minimum Gasteiger partial charge on any atom is -0.510 e. The third kappa shape index (κ3) is 6.94. The van der Waals surface area contributed by atoms with E-state index in [-0.39, 0.29) is 56.0 Å². The standard InChI is InChI=1S/C66H46N4O.Pt/c1-66(2,3)44-35-36-67-62(38-44)70-58-28-12-11-21-50(58)51-34-32-47(40-61(51)70)71-46-20-15-19-45(39-46)68-41-69(60-30-14-13-29-59(60)68)65-48(42-17-5-4-6-18-42)26-16-27-49(65)43-31-33-56-57(37-43)64-54-24-9-7-22-52(54)63(56)53-23-8-10-25-55(53)64;/h4-38,63-64H,1-3H3;/q-2;/i4D,5D,6D,17D,18D;. The van der Waals surface area contributed by atoms with Crippen LogP contribution in [0.25, 0.3) is 72.3 Å². The van der Waals surface area contributed by atoms with E-state index in [0.29, 0.717) is 28.4 Å². The summed E-state index contributed by atoms with van der Waals surface area (Å²) in [4.78, 5) is 4.85. The number of para-hydroxylation sites is 4. The molecule has 2 bridgehead atoms. The van der Waals surface area contributed by atoms with Crippen LogP contribution in [0.5, 0.6) is 11.5 Å². The molecule has 0 amide bonds. The molecule has 15 rings (SSSR count). The molecule has 0 unspecified atom stereocenters. The topological polar surface area (TPSA) is 35.9 Å². The number of nitrogens with zero attached hydrogens (tertiary/aromatic N) is 4. The van der Waals surface area contributed by atoms with Crippen LogP contribution in [0.3, 0.4) is 0 Å². The molecule has 0 N–H and O–H groups in total. The van der Waals surface area contributed by atoms with E-state index in [9.17, 15) is 2.74 Å². The molecule has 6 heteroatoms. The molecule has 0 atom stereocenters. The van der Waals surface area contributed by atoms with Crippen molar-refractivity contribution in [1.29, 1.82) is 0 Å². The third-order valence-corrected chi connectivity index (χ3v) is 14.5. The van der Waals surface area contributed by atoms with E-state index in [1.807, 2.05) is 88.1 Å². The van der Waals surface area contributed by atoms with E-state index in [1.165, 1.54) is 38.9 Å². The van der Waals surface area contributed by atoms with Crippen molar-refractivity contribution in [2.75, 3.05) is 0 Å². The van der Waals surface area contributed by atoms with Gasteiger partial charge in [-0.2, -0.15) is 18.2 Å². The summed E-state index contributed by atoms with van der Waals surface area (Å²) < 4.78 is 57.4. The maximum absolute atomic E-state index is 9.28. The molecule has 0 aliphatic heterocycles. The van der Waals surface area contributed by atoms with E-state index in [1.54, 1.807) is 0 Å². The van der Waals surface area contributed by atoms with Crippen molar-refractivity contribution in [1.82, 2.24) is 14.1 Å². The molecule has 3 aliphatic carbocycles. The van der Waals surface area contributed by atoms with Crippen LogP contribution < -0.4 is 9.30 Å². The summed E-state index contributed by atoms with van der Waals surface area (Å²) in [6.07, 6.45) is 5.55. The van der Waals surface area contributed by atoms with Gasteiger partial charge in [0.15, 0.2) is 0 Å². The van der Waals surface area contributed by atoms with Crippen molar-refractivity contribution in [2.45, 2.75) is 38.0 Å². The van der Waals surface area contributed by atoms with Crippen LogP contribution >= 0.6 is 0 Å². The number of hydrogen-bond acceptors (Lipinski definition) is 2. The van der Waals surface area contributed by atoms with Crippen LogP contribution in [0.4, 0.5) is 0 Å². The first-order chi connectivity index (χ1) is 36.9. The van der Waals surface area contributed by atoms with Gasteiger partial charge in [-0.1, -0.05) is 184 Å². The average molecular weight is 1110 g/mol. The van der Waals surface area contributed by atoms with Crippen molar-refractivity contribution >= 4 is 32.8 Å². The molecule has 5 nitrogen and oxygen atoms in total. The molecule has 0 fully saturated rings. The minimum absolute atomic E-state index is 0. The molecule has 0 saturated heterocycles. The number of rotatable bonds is 7. The van der Waals surface area contributed by atoms with Gasteiger partial charge in [0.05, 0.1) is 23.6 Å². The van der Waals surface area contributed by atoms with Crippen LogP contribution in [0.1, 0.15) is 78.4 Å². The molecule has 3 aliphatic rings. The predicted octanol–water partition coefficient (Wildman–Crippen LogP) is 15.2. The summed E-state index contributed by atoms with van der Waals surface area (Å²) in [5, 5.41) is 2.12. The van der Waals surface area contributed by atoms with Gasteiger partial charge in [-0.3, -0.25) is 4.57 Å². The number of benzene rings is 9. The molecule has 3 aromatic heterocycles. The van der Waals surface area contributed by atoms with Gasteiger partial charge in [0.25, 0.3) is 6.33 Å². The number of ether oxygens (including phenoxy) is 1. The Labute approximate surface area is 440 Å². The van der Waals surface area contributed by atoms with Gasteiger partial charge in [-0.15, -0.1) is 29.7 Å². The maximum Gasteiger partial charge on any atom is 0.268 e. The van der Waals surface area contributed by atoms with Crippen molar-refractivity contribution < 1.29 is 37.2 Å². The first-order valence-electron chi connectivity index (χ1n) is 26.5. The van der Waals surface area contributed by atoms with E-state index in [4.69, 9.17) is 13.8 Å². The summed E-state index contributed by atoms with van der Waals surface area (Å²) in [5.74, 6) is 1.90. The molecule has 12 aromatic rings. The first kappa shape index (κ1) is 38.6. The molecule has 348 valence electrons. The SMILES string of the molecule is [2H]c1c([2H])c([2H])c(-c2cccc(-c3ccc4c(c3)C3c5ccccc5C4c4ccccc43)c2-[n+]2[c-]n(-c3[c-]c(Oc4[c-]c5c(cc4)c4ccccc4n5-c4cc(C(C)(C)C)ccn4)ccc3)c3ccccc32)c([2H])c1[2H].[Pt]. The summed E-state index contributed by atoms with van der Waals surface area (Å²) in [7, 11) is 0. The molecular formula is C66H46N4OPt-2. The van der Waals surface area contributed by atoms with Gasteiger partial charge in [-0.25, -0.2) is 4.98 Å². The quantitative estimate of drug-likeness (QED) is 0.118. The summed E-state index contributed by atoms with van der Waals surface area (Å²) in [6, 6.07) is 65.6. The van der Waals surface area contributed by atoms with E-state index >= 15 is 0 Å². The van der Waals surface area contributed by atoms with Crippen molar-refractivity contribution in [3.8, 4) is 50.9 Å². The Morgan fingerprint density at radius 2 is 1.21 bits per heavy atom. The van der Waals surface area contributed by atoms with Gasteiger partial charge in [-0.05, 0) is 95.9 Å². The smallest absolute Gasteiger partial charge is 0.268 e. The molecule has 72 heavy (non-hydrogen) atoms. The van der Waals surface area contributed by atoms with Gasteiger partial charge < -0.3 is 13.9 Å². The summed E-state index contributed by atoms with van der Waals surface area (Å²) in [6.45, 7) is 6.60. The zero-order valence-electron chi connectivity index (χ0n) is 44.5. The average Bonchev–Trinajstić information content (AvgIpc) is 4.16. The van der Waals surface area contributed by atoms with Crippen LogP contribution in [0.2, 0.25) is 0 Å². The third-order valence-electron chi connectivity index (χ3n) is 14.5. The number of imidazole rings is 1. The molecule has 0 radical (unpaired) electrons. The Morgan fingerprint density at radius 1 is 0.569 bits per heavy atom. The van der Waals surface area contributed by atoms with Gasteiger partial charge >= 0.3 is 0 Å². The van der Waals surface area contributed by atoms with Crippen LogP contribution in [0.15, 0.2) is 212 Å². The zero-order chi connectivity index (χ0) is 51.7. The number of fused-ring (bicyclic) bond motifs is 4. The van der Waals surface area contributed by atoms with Gasteiger partial charge in [0.1, 0.15) is 5.82 Å². The fraction of sp³-hybridized carbons (Fsp3) is 0.0909. The van der Waals surface area contributed by atoms with E-state index < -0.39 is 18.1 Å². The normalized spacial score (nSPS) is 15.5. The predicted molar refractivity (Wildman–Crippen MR) is 284 cm³/mol. The van der Waals surface area contributed by atoms with Crippen LogP contribution in [-0.4, -0.2) is 14.1 Å².